The smallest absolute Gasteiger partial charge is 0.225 e. The van der Waals surface area contributed by atoms with Gasteiger partial charge in [0, 0.05) is 12.6 Å². The van der Waals surface area contributed by atoms with Gasteiger partial charge in [-0.25, -0.2) is 4.98 Å². The fourth-order valence-corrected chi connectivity index (χ4v) is 2.35. The quantitative estimate of drug-likeness (QED) is 0.881. The molecule has 18 heavy (non-hydrogen) atoms. The number of nitrogens with one attached hydrogen (secondary N) is 2. The van der Waals surface area contributed by atoms with Crippen molar-refractivity contribution in [3.05, 3.63) is 23.4 Å². The van der Waals surface area contributed by atoms with Crippen LogP contribution in [0.1, 0.15) is 25.7 Å². The van der Waals surface area contributed by atoms with Gasteiger partial charge in [0.25, 0.3) is 0 Å². The van der Waals surface area contributed by atoms with Crippen molar-refractivity contribution in [2.24, 2.45) is 5.92 Å². The average Bonchev–Trinajstić information content (AvgIpc) is 2.40. The number of anilines is 1. The lowest BCUT2D eigenvalue weighted by atomic mass is 9.94. The van der Waals surface area contributed by atoms with E-state index in [1.165, 1.54) is 12.8 Å². The summed E-state index contributed by atoms with van der Waals surface area (Å²) >= 11 is 5.93. The Morgan fingerprint density at radius 2 is 2.50 bits per heavy atom. The first-order valence-corrected chi connectivity index (χ1v) is 6.74. The van der Waals surface area contributed by atoms with Gasteiger partial charge < -0.3 is 10.6 Å². The maximum Gasteiger partial charge on any atom is 0.225 e. The molecule has 2 N–H and O–H groups in total. The highest BCUT2D eigenvalue weighted by molar-refractivity contribution is 6.33. The topological polar surface area (TPSA) is 54.0 Å². The Morgan fingerprint density at radius 1 is 1.61 bits per heavy atom. The number of halogens is 1. The summed E-state index contributed by atoms with van der Waals surface area (Å²) in [6.45, 7) is 2.13. The van der Waals surface area contributed by atoms with Crippen LogP contribution < -0.4 is 10.6 Å². The number of carbonyl (C=O) groups excluding carboxylic acids is 1. The molecule has 5 heteroatoms. The summed E-state index contributed by atoms with van der Waals surface area (Å²) in [5, 5.41) is 6.58. The van der Waals surface area contributed by atoms with Crippen LogP contribution >= 0.6 is 11.6 Å². The first-order valence-electron chi connectivity index (χ1n) is 6.37. The van der Waals surface area contributed by atoms with Crippen molar-refractivity contribution in [1.29, 1.82) is 0 Å². The summed E-state index contributed by atoms with van der Waals surface area (Å²) in [4.78, 5) is 15.8. The van der Waals surface area contributed by atoms with Crippen molar-refractivity contribution in [1.82, 2.24) is 10.3 Å². The van der Waals surface area contributed by atoms with Gasteiger partial charge in [-0.1, -0.05) is 11.6 Å². The Hall–Kier alpha value is -1.13. The second-order valence-corrected chi connectivity index (χ2v) is 5.04. The lowest BCUT2D eigenvalue weighted by molar-refractivity contribution is -0.116. The van der Waals surface area contributed by atoms with Gasteiger partial charge in [-0.3, -0.25) is 4.79 Å². The third kappa shape index (κ3) is 3.96. The van der Waals surface area contributed by atoms with E-state index in [1.54, 1.807) is 18.3 Å². The van der Waals surface area contributed by atoms with Crippen LogP contribution in [-0.2, 0) is 4.79 Å². The van der Waals surface area contributed by atoms with E-state index < -0.39 is 0 Å². The predicted octanol–water partition coefficient (Wildman–Crippen LogP) is 2.45. The summed E-state index contributed by atoms with van der Waals surface area (Å²) in [6, 6.07) is 3.46. The minimum absolute atomic E-state index is 0.0128. The van der Waals surface area contributed by atoms with E-state index in [1.807, 2.05) is 0 Å². The van der Waals surface area contributed by atoms with Gasteiger partial charge in [0.2, 0.25) is 5.91 Å². The number of amides is 1. The van der Waals surface area contributed by atoms with E-state index in [9.17, 15) is 4.79 Å². The van der Waals surface area contributed by atoms with Crippen molar-refractivity contribution in [2.45, 2.75) is 25.7 Å². The second kappa shape index (κ2) is 6.71. The van der Waals surface area contributed by atoms with Crippen molar-refractivity contribution in [3.63, 3.8) is 0 Å². The molecule has 0 radical (unpaired) electrons. The number of piperidine rings is 1. The second-order valence-electron chi connectivity index (χ2n) is 4.63. The Balaban J connectivity index is 1.76. The molecule has 0 aromatic carbocycles. The van der Waals surface area contributed by atoms with Gasteiger partial charge >= 0.3 is 0 Å². The number of aromatic nitrogens is 1. The van der Waals surface area contributed by atoms with E-state index in [-0.39, 0.29) is 5.91 Å². The molecule has 1 atom stereocenters. The molecule has 4 nitrogen and oxygen atoms in total. The largest absolute Gasteiger partial charge is 0.316 e. The van der Waals surface area contributed by atoms with E-state index >= 15 is 0 Å². The molecule has 1 saturated heterocycles. The molecule has 1 amide bonds. The minimum Gasteiger partial charge on any atom is -0.316 e. The molecular formula is C13H18ClN3O. The standard InChI is InChI=1S/C13H18ClN3O/c14-11-4-2-8-16-13(11)17-12(18)6-5-10-3-1-7-15-9-10/h2,4,8,10,15H,1,3,5-7,9H2,(H,16,17,18). The van der Waals surface area contributed by atoms with Crippen molar-refractivity contribution < 1.29 is 4.79 Å². The average molecular weight is 268 g/mol. The molecule has 0 saturated carbocycles. The van der Waals surface area contributed by atoms with E-state index in [0.717, 1.165) is 19.5 Å². The lowest BCUT2D eigenvalue weighted by Crippen LogP contribution is -2.30. The molecule has 2 rings (SSSR count). The number of nitrogens with zero attached hydrogens (tertiary/aromatic N) is 1. The van der Waals surface area contributed by atoms with Crippen LogP contribution in [-0.4, -0.2) is 24.0 Å². The molecule has 1 aromatic rings. The number of carbonyl (C=O) groups is 1. The monoisotopic (exact) mass is 267 g/mol. The van der Waals surface area contributed by atoms with Crippen molar-refractivity contribution in [2.75, 3.05) is 18.4 Å². The summed E-state index contributed by atoms with van der Waals surface area (Å²) in [6.07, 6.45) is 5.48. The molecule has 2 heterocycles. The van der Waals surface area contributed by atoms with Gasteiger partial charge in [-0.2, -0.15) is 0 Å². The molecular weight excluding hydrogens is 250 g/mol. The molecule has 0 bridgehead atoms. The molecule has 1 fully saturated rings. The number of rotatable bonds is 4. The maximum atomic E-state index is 11.8. The van der Waals surface area contributed by atoms with Crippen LogP contribution in [0.15, 0.2) is 18.3 Å². The summed E-state index contributed by atoms with van der Waals surface area (Å²) in [7, 11) is 0. The Bertz CT molecular complexity index is 405. The van der Waals surface area contributed by atoms with Crippen LogP contribution in [0.4, 0.5) is 5.82 Å². The maximum absolute atomic E-state index is 11.8. The van der Waals surface area contributed by atoms with E-state index in [0.29, 0.717) is 23.2 Å². The molecule has 0 aliphatic carbocycles. The van der Waals surface area contributed by atoms with E-state index in [2.05, 4.69) is 15.6 Å². The van der Waals surface area contributed by atoms with Crippen LogP contribution in [0.3, 0.4) is 0 Å². The van der Waals surface area contributed by atoms with Gasteiger partial charge in [-0.05, 0) is 50.4 Å². The highest BCUT2D eigenvalue weighted by Crippen LogP contribution is 2.19. The fraction of sp³-hybridized carbons (Fsp3) is 0.538. The molecule has 1 unspecified atom stereocenters. The Morgan fingerprint density at radius 3 is 3.22 bits per heavy atom. The number of pyridine rings is 1. The van der Waals surface area contributed by atoms with Crippen LogP contribution in [0.5, 0.6) is 0 Å². The van der Waals surface area contributed by atoms with Crippen molar-refractivity contribution in [3.8, 4) is 0 Å². The lowest BCUT2D eigenvalue weighted by Gasteiger charge is -2.22. The SMILES string of the molecule is O=C(CCC1CCCNC1)Nc1ncccc1Cl. The van der Waals surface area contributed by atoms with Crippen LogP contribution in [0, 0.1) is 5.92 Å². The van der Waals surface area contributed by atoms with Crippen LogP contribution in [0.2, 0.25) is 5.02 Å². The first kappa shape index (κ1) is 13.3. The normalized spacial score (nSPS) is 19.5. The molecule has 1 aliphatic heterocycles. The van der Waals surface area contributed by atoms with Gasteiger partial charge in [0.15, 0.2) is 5.82 Å². The van der Waals surface area contributed by atoms with Crippen LogP contribution in [0.25, 0.3) is 0 Å². The zero-order valence-electron chi connectivity index (χ0n) is 10.3. The highest BCUT2D eigenvalue weighted by Gasteiger charge is 2.15. The third-order valence-electron chi connectivity index (χ3n) is 3.19. The molecule has 0 spiro atoms. The van der Waals surface area contributed by atoms with Gasteiger partial charge in [-0.15, -0.1) is 0 Å². The van der Waals surface area contributed by atoms with E-state index in [4.69, 9.17) is 11.6 Å². The first-order chi connectivity index (χ1) is 8.75. The molecule has 98 valence electrons. The fourth-order valence-electron chi connectivity index (χ4n) is 2.18. The zero-order chi connectivity index (χ0) is 12.8. The summed E-state index contributed by atoms with van der Waals surface area (Å²) in [5.74, 6) is 1.05. The Kier molecular flexibility index (Phi) is 4.96. The molecule has 1 aliphatic rings. The molecule has 1 aromatic heterocycles. The van der Waals surface area contributed by atoms with Gasteiger partial charge in [0.05, 0.1) is 5.02 Å². The summed E-state index contributed by atoms with van der Waals surface area (Å²) in [5.41, 5.74) is 0. The number of hydrogen-bond acceptors (Lipinski definition) is 3. The third-order valence-corrected chi connectivity index (χ3v) is 3.50. The minimum atomic E-state index is -0.0128. The zero-order valence-corrected chi connectivity index (χ0v) is 11.0. The summed E-state index contributed by atoms with van der Waals surface area (Å²) < 4.78 is 0. The highest BCUT2D eigenvalue weighted by atomic mass is 35.5. The predicted molar refractivity (Wildman–Crippen MR) is 72.7 cm³/mol. The van der Waals surface area contributed by atoms with Crippen molar-refractivity contribution >= 4 is 23.3 Å². The van der Waals surface area contributed by atoms with Gasteiger partial charge in [0.1, 0.15) is 0 Å². The number of hydrogen-bond donors (Lipinski definition) is 2. The Labute approximate surface area is 112 Å².